The second-order valence-electron chi connectivity index (χ2n) is 4.76. The summed E-state index contributed by atoms with van der Waals surface area (Å²) in [4.78, 5) is 24.7. The van der Waals surface area contributed by atoms with E-state index in [1.807, 2.05) is 4.57 Å². The second kappa shape index (κ2) is 4.84. The SMILES string of the molecule is Cc1cc(N=O)ccc1C(=O)N1CCn2cnnc2C1. The highest BCUT2D eigenvalue weighted by atomic mass is 16.3. The Morgan fingerprint density at radius 2 is 2.20 bits per heavy atom. The van der Waals surface area contributed by atoms with Crippen LogP contribution in [0.25, 0.3) is 0 Å². The summed E-state index contributed by atoms with van der Waals surface area (Å²) in [5.41, 5.74) is 1.67. The third kappa shape index (κ3) is 2.07. The fourth-order valence-electron chi connectivity index (χ4n) is 2.35. The molecule has 0 fully saturated rings. The van der Waals surface area contributed by atoms with Gasteiger partial charge in [0.25, 0.3) is 5.91 Å². The Hall–Kier alpha value is -2.57. The maximum absolute atomic E-state index is 12.5. The van der Waals surface area contributed by atoms with E-state index in [9.17, 15) is 9.70 Å². The van der Waals surface area contributed by atoms with Crippen molar-refractivity contribution in [3.63, 3.8) is 0 Å². The lowest BCUT2D eigenvalue weighted by Crippen LogP contribution is -2.38. The minimum Gasteiger partial charge on any atom is -0.329 e. The number of nitroso groups, excluding NO2 is 1. The molecule has 0 spiro atoms. The maximum atomic E-state index is 12.5. The van der Waals surface area contributed by atoms with Crippen LogP contribution in [0.3, 0.4) is 0 Å². The molecule has 2 heterocycles. The van der Waals surface area contributed by atoms with E-state index in [-0.39, 0.29) is 5.91 Å². The zero-order valence-corrected chi connectivity index (χ0v) is 11.0. The molecule has 3 rings (SSSR count). The summed E-state index contributed by atoms with van der Waals surface area (Å²) in [6, 6.07) is 4.82. The van der Waals surface area contributed by atoms with Crippen LogP contribution in [0.1, 0.15) is 21.7 Å². The van der Waals surface area contributed by atoms with Gasteiger partial charge < -0.3 is 9.47 Å². The first-order valence-corrected chi connectivity index (χ1v) is 6.29. The Labute approximate surface area is 115 Å². The van der Waals surface area contributed by atoms with Crippen LogP contribution in [0.15, 0.2) is 29.7 Å². The van der Waals surface area contributed by atoms with E-state index >= 15 is 0 Å². The first kappa shape index (κ1) is 12.5. The van der Waals surface area contributed by atoms with Crippen molar-refractivity contribution in [1.82, 2.24) is 19.7 Å². The minimum atomic E-state index is -0.0609. The first-order chi connectivity index (χ1) is 9.69. The van der Waals surface area contributed by atoms with Gasteiger partial charge in [-0.25, -0.2) is 0 Å². The lowest BCUT2D eigenvalue weighted by atomic mass is 10.1. The largest absolute Gasteiger partial charge is 0.329 e. The molecule has 0 N–H and O–H groups in total. The zero-order valence-electron chi connectivity index (χ0n) is 11.0. The number of carbonyl (C=O) groups excluding carboxylic acids is 1. The van der Waals surface area contributed by atoms with E-state index in [2.05, 4.69) is 15.4 Å². The van der Waals surface area contributed by atoms with Gasteiger partial charge in [-0.1, -0.05) is 0 Å². The number of benzene rings is 1. The van der Waals surface area contributed by atoms with Crippen molar-refractivity contribution in [3.8, 4) is 0 Å². The van der Waals surface area contributed by atoms with E-state index < -0.39 is 0 Å². The van der Waals surface area contributed by atoms with Crippen molar-refractivity contribution in [2.24, 2.45) is 5.18 Å². The molecule has 0 saturated heterocycles. The van der Waals surface area contributed by atoms with Crippen LogP contribution < -0.4 is 0 Å². The van der Waals surface area contributed by atoms with Crippen LogP contribution in [0, 0.1) is 11.8 Å². The molecule has 7 heteroatoms. The smallest absolute Gasteiger partial charge is 0.254 e. The molecular formula is C13H13N5O2. The molecule has 0 bridgehead atoms. The molecule has 7 nitrogen and oxygen atoms in total. The Bertz CT molecular complexity index is 679. The number of nitrogens with zero attached hydrogens (tertiary/aromatic N) is 5. The summed E-state index contributed by atoms with van der Waals surface area (Å²) < 4.78 is 1.94. The standard InChI is InChI=1S/C13H13N5O2/c1-9-6-10(16-20)2-3-11(9)13(19)17-4-5-18-8-14-15-12(18)7-17/h2-3,6,8H,4-5,7H2,1H3. The number of rotatable bonds is 2. The lowest BCUT2D eigenvalue weighted by molar-refractivity contribution is 0.0707. The molecule has 1 aromatic heterocycles. The molecule has 1 amide bonds. The molecule has 0 saturated carbocycles. The highest BCUT2D eigenvalue weighted by molar-refractivity contribution is 5.96. The number of aryl methyl sites for hydroxylation is 1. The monoisotopic (exact) mass is 271 g/mol. The summed E-state index contributed by atoms with van der Waals surface area (Å²) in [5.74, 6) is 0.725. The van der Waals surface area contributed by atoms with Crippen LogP contribution in [0.5, 0.6) is 0 Å². The van der Waals surface area contributed by atoms with Gasteiger partial charge in [0.15, 0.2) is 5.82 Å². The summed E-state index contributed by atoms with van der Waals surface area (Å²) >= 11 is 0. The molecule has 1 aromatic carbocycles. The van der Waals surface area contributed by atoms with Crippen molar-refractivity contribution in [3.05, 3.63) is 46.4 Å². The van der Waals surface area contributed by atoms with Crippen LogP contribution in [0.2, 0.25) is 0 Å². The van der Waals surface area contributed by atoms with Gasteiger partial charge in [0, 0.05) is 18.7 Å². The third-order valence-electron chi connectivity index (χ3n) is 3.47. The number of aromatic nitrogens is 3. The number of carbonyl (C=O) groups is 1. The highest BCUT2D eigenvalue weighted by Gasteiger charge is 2.23. The van der Waals surface area contributed by atoms with E-state index in [0.717, 1.165) is 11.4 Å². The Kier molecular flexibility index (Phi) is 3.02. The molecule has 0 atom stereocenters. The van der Waals surface area contributed by atoms with E-state index in [1.165, 1.54) is 0 Å². The van der Waals surface area contributed by atoms with Gasteiger partial charge in [0.2, 0.25) is 0 Å². The Morgan fingerprint density at radius 1 is 1.35 bits per heavy atom. The Morgan fingerprint density at radius 3 is 2.95 bits per heavy atom. The van der Waals surface area contributed by atoms with E-state index in [0.29, 0.717) is 30.9 Å². The van der Waals surface area contributed by atoms with Crippen molar-refractivity contribution in [2.45, 2.75) is 20.0 Å². The third-order valence-corrected chi connectivity index (χ3v) is 3.47. The van der Waals surface area contributed by atoms with E-state index in [1.54, 1.807) is 36.4 Å². The van der Waals surface area contributed by atoms with Gasteiger partial charge in [-0.2, -0.15) is 0 Å². The van der Waals surface area contributed by atoms with Gasteiger partial charge in [-0.05, 0) is 35.9 Å². The van der Waals surface area contributed by atoms with Crippen LogP contribution in [0.4, 0.5) is 5.69 Å². The maximum Gasteiger partial charge on any atom is 0.254 e. The van der Waals surface area contributed by atoms with Gasteiger partial charge in [-0.15, -0.1) is 15.1 Å². The number of amides is 1. The molecule has 0 unspecified atom stereocenters. The molecule has 0 radical (unpaired) electrons. The van der Waals surface area contributed by atoms with Gasteiger partial charge in [-0.3, -0.25) is 4.79 Å². The fourth-order valence-corrected chi connectivity index (χ4v) is 2.35. The lowest BCUT2D eigenvalue weighted by Gasteiger charge is -2.27. The summed E-state index contributed by atoms with van der Waals surface area (Å²) in [5, 5.41) is 10.7. The zero-order chi connectivity index (χ0) is 14.1. The summed E-state index contributed by atoms with van der Waals surface area (Å²) in [6.45, 7) is 3.57. The van der Waals surface area contributed by atoms with Crippen molar-refractivity contribution in [2.75, 3.05) is 6.54 Å². The van der Waals surface area contributed by atoms with Gasteiger partial charge in [0.1, 0.15) is 12.0 Å². The molecule has 20 heavy (non-hydrogen) atoms. The summed E-state index contributed by atoms with van der Waals surface area (Å²) in [6.07, 6.45) is 1.67. The molecule has 1 aliphatic rings. The normalized spacial score (nSPS) is 13.9. The molecular weight excluding hydrogens is 258 g/mol. The predicted molar refractivity (Wildman–Crippen MR) is 71.4 cm³/mol. The van der Waals surface area contributed by atoms with Crippen molar-refractivity contribution >= 4 is 11.6 Å². The predicted octanol–water partition coefficient (Wildman–Crippen LogP) is 1.64. The number of hydrogen-bond acceptors (Lipinski definition) is 5. The average molecular weight is 271 g/mol. The van der Waals surface area contributed by atoms with Crippen LogP contribution in [-0.2, 0) is 13.1 Å². The summed E-state index contributed by atoms with van der Waals surface area (Å²) in [7, 11) is 0. The molecule has 2 aromatic rings. The second-order valence-corrected chi connectivity index (χ2v) is 4.76. The quantitative estimate of drug-likeness (QED) is 0.778. The van der Waals surface area contributed by atoms with Gasteiger partial charge >= 0.3 is 0 Å². The molecule has 1 aliphatic heterocycles. The van der Waals surface area contributed by atoms with Crippen molar-refractivity contribution < 1.29 is 4.79 Å². The number of hydrogen-bond donors (Lipinski definition) is 0. The van der Waals surface area contributed by atoms with E-state index in [4.69, 9.17) is 0 Å². The Balaban J connectivity index is 1.85. The van der Waals surface area contributed by atoms with Crippen LogP contribution in [-0.4, -0.2) is 32.1 Å². The average Bonchev–Trinajstić information content (AvgIpc) is 2.93. The first-order valence-electron chi connectivity index (χ1n) is 6.29. The minimum absolute atomic E-state index is 0.0609. The van der Waals surface area contributed by atoms with Crippen molar-refractivity contribution in [1.29, 1.82) is 0 Å². The molecule has 0 aliphatic carbocycles. The fraction of sp³-hybridized carbons (Fsp3) is 0.308. The molecule has 102 valence electrons. The van der Waals surface area contributed by atoms with Gasteiger partial charge in [0.05, 0.1) is 6.54 Å². The highest BCUT2D eigenvalue weighted by Crippen LogP contribution is 2.20. The topological polar surface area (TPSA) is 80.5 Å². The van der Waals surface area contributed by atoms with Crippen LogP contribution >= 0.6 is 0 Å². The number of fused-ring (bicyclic) bond motifs is 1.